The molecule has 0 fully saturated rings. The minimum atomic E-state index is 0.0836. The van der Waals surface area contributed by atoms with Crippen LogP contribution >= 0.6 is 0 Å². The van der Waals surface area contributed by atoms with Crippen LogP contribution in [0.25, 0.3) is 32.9 Å². The van der Waals surface area contributed by atoms with Crippen LogP contribution in [-0.2, 0) is 0 Å². The maximum atomic E-state index is 12.9. The van der Waals surface area contributed by atoms with Crippen LogP contribution in [0.4, 0.5) is 0 Å². The van der Waals surface area contributed by atoms with Gasteiger partial charge in [0.05, 0.1) is 18.4 Å². The molecule has 1 aliphatic rings. The Labute approximate surface area is 132 Å². The highest BCUT2D eigenvalue weighted by molar-refractivity contribution is 6.28. The van der Waals surface area contributed by atoms with Crippen LogP contribution in [-0.4, -0.2) is 17.9 Å². The standard InChI is InChI=1S/C20H13NO2/c1-23-13-6-7-17-16(10-13)18-19(21-17)14-8-11-4-2-3-5-12(11)9-15(14)20(18)22/h2-10,21H,1H3. The molecule has 23 heavy (non-hydrogen) atoms. The predicted octanol–water partition coefficient (Wildman–Crippen LogP) is 4.54. The maximum Gasteiger partial charge on any atom is 0.196 e. The zero-order valence-corrected chi connectivity index (χ0v) is 12.5. The third-order valence-electron chi connectivity index (χ3n) is 4.63. The molecule has 0 bridgehead atoms. The first-order valence-electron chi connectivity index (χ1n) is 7.54. The van der Waals surface area contributed by atoms with E-state index in [9.17, 15) is 4.79 Å². The summed E-state index contributed by atoms with van der Waals surface area (Å²) in [5.74, 6) is 0.841. The second-order valence-corrected chi connectivity index (χ2v) is 5.86. The number of carbonyl (C=O) groups excluding carboxylic acids is 1. The molecule has 110 valence electrons. The van der Waals surface area contributed by atoms with Gasteiger partial charge >= 0.3 is 0 Å². The SMILES string of the molecule is COc1ccc2[nH]c3c(c2c1)C(=O)c1cc2ccccc2cc1-3. The lowest BCUT2D eigenvalue weighted by atomic mass is 10.0. The highest BCUT2D eigenvalue weighted by Gasteiger charge is 2.31. The van der Waals surface area contributed by atoms with Gasteiger partial charge in [0, 0.05) is 22.0 Å². The van der Waals surface area contributed by atoms with Crippen molar-refractivity contribution >= 4 is 27.5 Å². The van der Waals surface area contributed by atoms with E-state index in [0.29, 0.717) is 0 Å². The Kier molecular flexibility index (Phi) is 2.29. The molecule has 0 unspecified atom stereocenters. The molecule has 5 rings (SSSR count). The Morgan fingerprint density at radius 2 is 1.65 bits per heavy atom. The third-order valence-corrected chi connectivity index (χ3v) is 4.63. The smallest absolute Gasteiger partial charge is 0.196 e. The molecule has 0 amide bonds. The van der Waals surface area contributed by atoms with Gasteiger partial charge in [-0.3, -0.25) is 4.79 Å². The first-order chi connectivity index (χ1) is 11.3. The molecule has 3 heteroatoms. The molecular formula is C20H13NO2. The highest BCUT2D eigenvalue weighted by atomic mass is 16.5. The Hall–Kier alpha value is -3.07. The molecule has 4 aromatic rings. The largest absolute Gasteiger partial charge is 0.497 e. The Morgan fingerprint density at radius 3 is 2.39 bits per heavy atom. The van der Waals surface area contributed by atoms with Crippen molar-refractivity contribution in [1.29, 1.82) is 0 Å². The summed E-state index contributed by atoms with van der Waals surface area (Å²) in [6, 6.07) is 18.0. The van der Waals surface area contributed by atoms with Gasteiger partial charge in [-0.15, -0.1) is 0 Å². The van der Waals surface area contributed by atoms with Gasteiger partial charge in [-0.1, -0.05) is 24.3 Å². The van der Waals surface area contributed by atoms with Crippen molar-refractivity contribution in [2.24, 2.45) is 0 Å². The molecular weight excluding hydrogens is 286 g/mol. The van der Waals surface area contributed by atoms with Crippen molar-refractivity contribution in [2.45, 2.75) is 0 Å². The number of aromatic nitrogens is 1. The van der Waals surface area contributed by atoms with Crippen molar-refractivity contribution in [3.63, 3.8) is 0 Å². The summed E-state index contributed by atoms with van der Waals surface area (Å²) >= 11 is 0. The molecule has 1 N–H and O–H groups in total. The van der Waals surface area contributed by atoms with Crippen LogP contribution in [0.5, 0.6) is 5.75 Å². The fraction of sp³-hybridized carbons (Fsp3) is 0.0500. The number of fused-ring (bicyclic) bond motifs is 6. The molecule has 0 aliphatic heterocycles. The van der Waals surface area contributed by atoms with Crippen LogP contribution in [0.2, 0.25) is 0 Å². The number of ketones is 1. The van der Waals surface area contributed by atoms with Crippen LogP contribution in [0.15, 0.2) is 54.6 Å². The molecule has 3 nitrogen and oxygen atoms in total. The second-order valence-electron chi connectivity index (χ2n) is 5.86. The lowest BCUT2D eigenvalue weighted by molar-refractivity contribution is 0.104. The van der Waals surface area contributed by atoms with Crippen molar-refractivity contribution in [3.8, 4) is 17.0 Å². The molecule has 0 spiro atoms. The molecule has 0 saturated heterocycles. The normalized spacial score (nSPS) is 12.7. The molecule has 0 radical (unpaired) electrons. The molecule has 1 aromatic heterocycles. The minimum Gasteiger partial charge on any atom is -0.497 e. The zero-order valence-electron chi connectivity index (χ0n) is 12.5. The number of hydrogen-bond acceptors (Lipinski definition) is 2. The Balaban J connectivity index is 1.87. The number of benzene rings is 3. The summed E-state index contributed by atoms with van der Waals surface area (Å²) in [5.41, 5.74) is 4.39. The van der Waals surface area contributed by atoms with E-state index in [0.717, 1.165) is 49.8 Å². The first kappa shape index (κ1) is 12.5. The summed E-state index contributed by atoms with van der Waals surface area (Å²) in [5, 5.41) is 3.15. The molecule has 3 aromatic carbocycles. The van der Waals surface area contributed by atoms with Crippen molar-refractivity contribution < 1.29 is 9.53 Å². The fourth-order valence-corrected chi connectivity index (χ4v) is 3.51. The van der Waals surface area contributed by atoms with E-state index in [-0.39, 0.29) is 5.78 Å². The highest BCUT2D eigenvalue weighted by Crippen LogP contribution is 2.42. The number of rotatable bonds is 1. The van der Waals surface area contributed by atoms with E-state index in [1.165, 1.54) is 0 Å². The Morgan fingerprint density at radius 1 is 0.913 bits per heavy atom. The van der Waals surface area contributed by atoms with E-state index in [1.54, 1.807) is 7.11 Å². The summed E-state index contributed by atoms with van der Waals surface area (Å²) in [6.07, 6.45) is 0. The topological polar surface area (TPSA) is 42.1 Å². The summed E-state index contributed by atoms with van der Waals surface area (Å²) < 4.78 is 5.30. The molecule has 0 saturated carbocycles. The van der Waals surface area contributed by atoms with Gasteiger partial charge in [0.25, 0.3) is 0 Å². The van der Waals surface area contributed by atoms with E-state index in [1.807, 2.05) is 42.5 Å². The number of aromatic amines is 1. The minimum absolute atomic E-state index is 0.0836. The number of methoxy groups -OCH3 is 1. The van der Waals surface area contributed by atoms with Gasteiger partial charge in [-0.05, 0) is 41.1 Å². The monoisotopic (exact) mass is 299 g/mol. The third kappa shape index (κ3) is 1.56. The Bertz CT molecular complexity index is 1120. The summed E-state index contributed by atoms with van der Waals surface area (Å²) in [7, 11) is 1.64. The van der Waals surface area contributed by atoms with Crippen LogP contribution in [0.1, 0.15) is 15.9 Å². The molecule has 1 heterocycles. The average Bonchev–Trinajstić information content (AvgIpc) is 3.09. The number of carbonyl (C=O) groups is 1. The van der Waals surface area contributed by atoms with E-state index in [2.05, 4.69) is 17.1 Å². The van der Waals surface area contributed by atoms with E-state index < -0.39 is 0 Å². The van der Waals surface area contributed by atoms with Gasteiger partial charge in [-0.2, -0.15) is 0 Å². The van der Waals surface area contributed by atoms with Crippen LogP contribution < -0.4 is 4.74 Å². The number of hydrogen-bond donors (Lipinski definition) is 1. The van der Waals surface area contributed by atoms with Gasteiger partial charge in [-0.25, -0.2) is 0 Å². The average molecular weight is 299 g/mol. The van der Waals surface area contributed by atoms with E-state index >= 15 is 0 Å². The van der Waals surface area contributed by atoms with Gasteiger partial charge in [0.15, 0.2) is 5.78 Å². The van der Waals surface area contributed by atoms with E-state index in [4.69, 9.17) is 4.74 Å². The van der Waals surface area contributed by atoms with Gasteiger partial charge in [0.1, 0.15) is 5.75 Å². The molecule has 1 aliphatic carbocycles. The number of H-pyrrole nitrogens is 1. The lowest BCUT2D eigenvalue weighted by Crippen LogP contribution is -1.95. The predicted molar refractivity (Wildman–Crippen MR) is 91.2 cm³/mol. The second kappa shape index (κ2) is 4.23. The summed E-state index contributed by atoms with van der Waals surface area (Å²) in [6.45, 7) is 0. The van der Waals surface area contributed by atoms with Crippen LogP contribution in [0, 0.1) is 0 Å². The zero-order chi connectivity index (χ0) is 15.6. The number of nitrogens with one attached hydrogen (secondary N) is 1. The van der Waals surface area contributed by atoms with Crippen molar-refractivity contribution in [3.05, 3.63) is 65.7 Å². The first-order valence-corrected chi connectivity index (χ1v) is 7.54. The lowest BCUT2D eigenvalue weighted by Gasteiger charge is -2.03. The number of ether oxygens (including phenoxy) is 1. The van der Waals surface area contributed by atoms with Crippen LogP contribution in [0.3, 0.4) is 0 Å². The van der Waals surface area contributed by atoms with Gasteiger partial charge in [0.2, 0.25) is 0 Å². The maximum absolute atomic E-state index is 12.9. The summed E-state index contributed by atoms with van der Waals surface area (Å²) in [4.78, 5) is 16.3. The molecule has 0 atom stereocenters. The van der Waals surface area contributed by atoms with Crippen molar-refractivity contribution in [1.82, 2.24) is 4.98 Å². The quantitative estimate of drug-likeness (QED) is 0.493. The fourth-order valence-electron chi connectivity index (χ4n) is 3.51. The van der Waals surface area contributed by atoms with Crippen molar-refractivity contribution in [2.75, 3.05) is 7.11 Å². The van der Waals surface area contributed by atoms with Gasteiger partial charge < -0.3 is 9.72 Å².